The van der Waals surface area contributed by atoms with E-state index in [1.807, 2.05) is 0 Å². The Labute approximate surface area is 99.4 Å². The number of nitrogens with one attached hydrogen (secondary N) is 1. The molecule has 0 aromatic rings. The number of thiol groups is 1. The Balaban J connectivity index is 2.52. The molecule has 15 heavy (non-hydrogen) atoms. The molecule has 1 aliphatic carbocycles. The summed E-state index contributed by atoms with van der Waals surface area (Å²) in [5.41, 5.74) is 0. The van der Waals surface area contributed by atoms with Crippen LogP contribution in [0.3, 0.4) is 0 Å². The highest BCUT2D eigenvalue weighted by molar-refractivity contribution is 7.81. The first-order valence-corrected chi connectivity index (χ1v) is 6.18. The van der Waals surface area contributed by atoms with E-state index in [1.54, 1.807) is 0 Å². The summed E-state index contributed by atoms with van der Waals surface area (Å²) in [5, 5.41) is 3.51. The molecule has 0 bridgehead atoms. The first-order valence-electron chi connectivity index (χ1n) is 5.73. The van der Waals surface area contributed by atoms with Crippen molar-refractivity contribution < 1.29 is 0 Å². The fourth-order valence-electron chi connectivity index (χ4n) is 1.99. The van der Waals surface area contributed by atoms with Gasteiger partial charge in [0.1, 0.15) is 0 Å². The van der Waals surface area contributed by atoms with E-state index >= 15 is 0 Å². The Bertz CT molecular complexity index is 238. The lowest BCUT2D eigenvalue weighted by atomic mass is 9.85. The zero-order valence-electron chi connectivity index (χ0n) is 10.2. The maximum atomic E-state index is 4.51. The molecule has 2 atom stereocenters. The molecule has 2 heteroatoms. The summed E-state index contributed by atoms with van der Waals surface area (Å²) in [7, 11) is 0. The Morgan fingerprint density at radius 1 is 1.27 bits per heavy atom. The van der Waals surface area contributed by atoms with E-state index in [9.17, 15) is 0 Å². The van der Waals surface area contributed by atoms with Gasteiger partial charge in [0.2, 0.25) is 0 Å². The number of hydrogen-bond acceptors (Lipinski definition) is 2. The van der Waals surface area contributed by atoms with Gasteiger partial charge in [0.15, 0.2) is 0 Å². The van der Waals surface area contributed by atoms with Crippen LogP contribution in [0.15, 0.2) is 24.3 Å². The third-order valence-corrected chi connectivity index (χ3v) is 3.09. The molecule has 0 unspecified atom stereocenters. The zero-order chi connectivity index (χ0) is 11.5. The van der Waals surface area contributed by atoms with Crippen LogP contribution in [-0.2, 0) is 0 Å². The summed E-state index contributed by atoms with van der Waals surface area (Å²) in [5.74, 6) is 1.17. The van der Waals surface area contributed by atoms with Crippen LogP contribution in [0, 0.1) is 11.8 Å². The molecule has 0 radical (unpaired) electrons. The number of hydrogen-bond donors (Lipinski definition) is 2. The topological polar surface area (TPSA) is 12.0 Å². The van der Waals surface area contributed by atoms with Crippen molar-refractivity contribution in [3.8, 4) is 0 Å². The van der Waals surface area contributed by atoms with Crippen molar-refractivity contribution in [2.24, 2.45) is 11.8 Å². The van der Waals surface area contributed by atoms with E-state index in [0.717, 1.165) is 6.42 Å². The molecule has 0 saturated carbocycles. The molecule has 0 saturated heterocycles. The minimum atomic E-state index is -0.101. The van der Waals surface area contributed by atoms with E-state index < -0.39 is 0 Å². The summed E-state index contributed by atoms with van der Waals surface area (Å²) in [6, 6.07) is 0.468. The summed E-state index contributed by atoms with van der Waals surface area (Å²) in [6.07, 6.45) is 10.2. The summed E-state index contributed by atoms with van der Waals surface area (Å²) >= 11 is 4.51. The summed E-state index contributed by atoms with van der Waals surface area (Å²) in [4.78, 5) is -0.101. The molecule has 86 valence electrons. The maximum Gasteiger partial charge on any atom is 0.0560 e. The van der Waals surface area contributed by atoms with Gasteiger partial charge in [-0.2, -0.15) is 12.6 Å². The van der Waals surface area contributed by atoms with Crippen molar-refractivity contribution in [3.05, 3.63) is 24.3 Å². The van der Waals surface area contributed by atoms with Crippen molar-refractivity contribution in [3.63, 3.8) is 0 Å². The highest BCUT2D eigenvalue weighted by atomic mass is 32.1. The molecule has 0 aromatic carbocycles. The second-order valence-electron chi connectivity index (χ2n) is 5.02. The second kappa shape index (κ2) is 5.22. The molecule has 0 heterocycles. The van der Waals surface area contributed by atoms with Gasteiger partial charge in [-0.05, 0) is 39.0 Å². The predicted octanol–water partition coefficient (Wildman–Crippen LogP) is 3.40. The highest BCUT2D eigenvalue weighted by Gasteiger charge is 2.23. The molecule has 0 amide bonds. The van der Waals surface area contributed by atoms with Crippen molar-refractivity contribution in [2.45, 2.75) is 45.0 Å². The number of rotatable bonds is 4. The Kier molecular flexibility index (Phi) is 4.47. The third-order valence-electron chi connectivity index (χ3n) is 2.97. The molecule has 0 spiro atoms. The van der Waals surface area contributed by atoms with Gasteiger partial charge in [0.25, 0.3) is 0 Å². The van der Waals surface area contributed by atoms with E-state index in [0.29, 0.717) is 17.9 Å². The average Bonchev–Trinajstić information content (AvgIpc) is 2.15. The molecule has 0 aromatic heterocycles. The van der Waals surface area contributed by atoms with Gasteiger partial charge in [-0.15, -0.1) is 0 Å². The lowest BCUT2D eigenvalue weighted by Crippen LogP contribution is -2.45. The van der Waals surface area contributed by atoms with Gasteiger partial charge in [-0.25, -0.2) is 0 Å². The minimum Gasteiger partial charge on any atom is -0.301 e. The first-order chi connectivity index (χ1) is 6.90. The van der Waals surface area contributed by atoms with Crippen LogP contribution in [0.1, 0.15) is 34.1 Å². The molecule has 1 N–H and O–H groups in total. The first kappa shape index (κ1) is 12.9. The van der Waals surface area contributed by atoms with Crippen molar-refractivity contribution >= 4 is 12.6 Å². The SMILES string of the molecule is C[C@H](C1C=CCC=C1)[C@@H](C)NC(C)(C)S. The average molecular weight is 225 g/mol. The van der Waals surface area contributed by atoms with E-state index in [4.69, 9.17) is 0 Å². The number of allylic oxidation sites excluding steroid dienone is 4. The van der Waals surface area contributed by atoms with Crippen LogP contribution in [0.5, 0.6) is 0 Å². The van der Waals surface area contributed by atoms with Crippen LogP contribution in [0.4, 0.5) is 0 Å². The van der Waals surface area contributed by atoms with Crippen molar-refractivity contribution in [2.75, 3.05) is 0 Å². The lowest BCUT2D eigenvalue weighted by Gasteiger charge is -2.32. The molecule has 0 fully saturated rings. The third kappa shape index (κ3) is 4.43. The molecular weight excluding hydrogens is 202 g/mol. The van der Waals surface area contributed by atoms with Crippen molar-refractivity contribution in [1.29, 1.82) is 0 Å². The normalized spacial score (nSPS) is 21.7. The molecule has 1 rings (SSSR count). The quantitative estimate of drug-likeness (QED) is 0.424. The maximum absolute atomic E-state index is 4.51. The smallest absolute Gasteiger partial charge is 0.0560 e. The Morgan fingerprint density at radius 2 is 1.80 bits per heavy atom. The standard InChI is InChI=1S/C13H23NS/c1-10(11(2)14-13(3,4)15)12-8-6-5-7-9-12/h6-12,14-15H,5H2,1-4H3/t10-,11+/m0/s1. The molecule has 0 aliphatic heterocycles. The Morgan fingerprint density at radius 3 is 2.27 bits per heavy atom. The van der Waals surface area contributed by atoms with Gasteiger partial charge in [0, 0.05) is 6.04 Å². The van der Waals surface area contributed by atoms with Gasteiger partial charge >= 0.3 is 0 Å². The lowest BCUT2D eigenvalue weighted by molar-refractivity contribution is 0.325. The van der Waals surface area contributed by atoms with Crippen LogP contribution in [0.2, 0.25) is 0 Å². The van der Waals surface area contributed by atoms with Crippen LogP contribution >= 0.6 is 12.6 Å². The molecule has 1 aliphatic rings. The summed E-state index contributed by atoms with van der Waals surface area (Å²) in [6.45, 7) is 8.71. The fraction of sp³-hybridized carbons (Fsp3) is 0.692. The largest absolute Gasteiger partial charge is 0.301 e. The van der Waals surface area contributed by atoms with Gasteiger partial charge in [-0.1, -0.05) is 31.2 Å². The highest BCUT2D eigenvalue weighted by Crippen LogP contribution is 2.23. The van der Waals surface area contributed by atoms with Gasteiger partial charge < -0.3 is 5.32 Å². The molecule has 1 nitrogen and oxygen atoms in total. The van der Waals surface area contributed by atoms with E-state index in [2.05, 4.69) is 69.9 Å². The van der Waals surface area contributed by atoms with E-state index in [1.165, 1.54) is 0 Å². The van der Waals surface area contributed by atoms with Crippen molar-refractivity contribution in [1.82, 2.24) is 5.32 Å². The van der Waals surface area contributed by atoms with Gasteiger partial charge in [-0.3, -0.25) is 0 Å². The Hall–Kier alpha value is -0.210. The second-order valence-corrected chi connectivity index (χ2v) is 6.14. The minimum absolute atomic E-state index is 0.101. The fourth-order valence-corrected chi connectivity index (χ4v) is 2.19. The monoisotopic (exact) mass is 225 g/mol. The zero-order valence-corrected chi connectivity index (χ0v) is 11.1. The van der Waals surface area contributed by atoms with E-state index in [-0.39, 0.29) is 4.87 Å². The predicted molar refractivity (Wildman–Crippen MR) is 71.2 cm³/mol. The molecular formula is C13H23NS. The van der Waals surface area contributed by atoms with Crippen LogP contribution in [-0.4, -0.2) is 10.9 Å². The van der Waals surface area contributed by atoms with Gasteiger partial charge in [0.05, 0.1) is 4.87 Å². The summed E-state index contributed by atoms with van der Waals surface area (Å²) < 4.78 is 0. The van der Waals surface area contributed by atoms with Crippen LogP contribution < -0.4 is 5.32 Å². The van der Waals surface area contributed by atoms with Crippen LogP contribution in [0.25, 0.3) is 0 Å².